The molecule has 2 aliphatic rings. The summed E-state index contributed by atoms with van der Waals surface area (Å²) in [5.74, 6) is 0.579. The normalized spacial score (nSPS) is 30.4. The minimum atomic E-state index is -0.0888. The molecule has 0 aromatic rings. The van der Waals surface area contributed by atoms with E-state index in [9.17, 15) is 5.11 Å². The Kier molecular flexibility index (Phi) is 3.13. The number of aliphatic hydroxyl groups is 1. The van der Waals surface area contributed by atoms with Gasteiger partial charge in [-0.05, 0) is 69.9 Å². The Morgan fingerprint density at radius 1 is 1.14 bits per heavy atom. The molecule has 0 radical (unpaired) electrons. The molecule has 2 heteroatoms. The first-order valence-corrected chi connectivity index (χ1v) is 6.11. The summed E-state index contributed by atoms with van der Waals surface area (Å²) >= 11 is 0. The summed E-state index contributed by atoms with van der Waals surface area (Å²) in [6.45, 7) is 4.36. The Morgan fingerprint density at radius 2 is 1.71 bits per heavy atom. The van der Waals surface area contributed by atoms with E-state index in [-0.39, 0.29) is 6.10 Å². The van der Waals surface area contributed by atoms with E-state index in [2.05, 4.69) is 5.32 Å². The van der Waals surface area contributed by atoms with Crippen molar-refractivity contribution in [2.75, 3.05) is 13.1 Å². The Hall–Kier alpha value is -0.0800. The van der Waals surface area contributed by atoms with Gasteiger partial charge in [0.15, 0.2) is 0 Å². The Morgan fingerprint density at radius 3 is 2.21 bits per heavy atom. The molecule has 0 aromatic carbocycles. The summed E-state index contributed by atoms with van der Waals surface area (Å²) in [6, 6.07) is 0. The van der Waals surface area contributed by atoms with Crippen LogP contribution in [0.15, 0.2) is 0 Å². The number of aliphatic hydroxyl groups excluding tert-OH is 1. The van der Waals surface area contributed by atoms with Gasteiger partial charge in [0.2, 0.25) is 0 Å². The van der Waals surface area contributed by atoms with Crippen LogP contribution in [0, 0.1) is 11.3 Å². The van der Waals surface area contributed by atoms with E-state index in [1.807, 2.05) is 6.92 Å². The molecule has 1 spiro atoms. The van der Waals surface area contributed by atoms with E-state index in [4.69, 9.17) is 0 Å². The lowest BCUT2D eigenvalue weighted by molar-refractivity contribution is 0.0422. The van der Waals surface area contributed by atoms with Crippen molar-refractivity contribution in [3.05, 3.63) is 0 Å². The third-order valence-electron chi connectivity index (χ3n) is 4.44. The first kappa shape index (κ1) is 10.4. The number of nitrogens with one attached hydrogen (secondary N) is 1. The molecule has 2 fully saturated rings. The van der Waals surface area contributed by atoms with E-state index in [1.165, 1.54) is 51.6 Å². The molecule has 0 bridgehead atoms. The lowest BCUT2D eigenvalue weighted by Gasteiger charge is -2.43. The predicted molar refractivity (Wildman–Crippen MR) is 58.2 cm³/mol. The predicted octanol–water partition coefficient (Wildman–Crippen LogP) is 1.93. The molecule has 2 nitrogen and oxygen atoms in total. The highest BCUT2D eigenvalue weighted by molar-refractivity contribution is 4.90. The van der Waals surface area contributed by atoms with Crippen LogP contribution in [-0.4, -0.2) is 24.3 Å². The summed E-state index contributed by atoms with van der Waals surface area (Å²) < 4.78 is 0. The van der Waals surface area contributed by atoms with Crippen LogP contribution >= 0.6 is 0 Å². The topological polar surface area (TPSA) is 32.3 Å². The molecule has 1 heterocycles. The second kappa shape index (κ2) is 4.19. The van der Waals surface area contributed by atoms with E-state index in [0.717, 1.165) is 0 Å². The lowest BCUT2D eigenvalue weighted by atomic mass is 9.65. The molecule has 1 aliphatic heterocycles. The Labute approximate surface area is 87.1 Å². The summed E-state index contributed by atoms with van der Waals surface area (Å²) in [5.41, 5.74) is 0.649. The maximum atomic E-state index is 9.55. The van der Waals surface area contributed by atoms with Crippen molar-refractivity contribution in [1.29, 1.82) is 0 Å². The van der Waals surface area contributed by atoms with E-state index >= 15 is 0 Å². The van der Waals surface area contributed by atoms with Crippen LogP contribution in [-0.2, 0) is 0 Å². The molecular weight excluding hydrogens is 174 g/mol. The van der Waals surface area contributed by atoms with Crippen molar-refractivity contribution in [2.45, 2.75) is 51.6 Å². The highest BCUT2D eigenvalue weighted by Crippen LogP contribution is 2.45. The minimum Gasteiger partial charge on any atom is -0.393 e. The summed E-state index contributed by atoms with van der Waals surface area (Å²) in [7, 11) is 0. The van der Waals surface area contributed by atoms with Crippen molar-refractivity contribution in [3.8, 4) is 0 Å². The monoisotopic (exact) mass is 197 g/mol. The molecule has 1 saturated heterocycles. The first-order valence-electron chi connectivity index (χ1n) is 6.11. The lowest BCUT2D eigenvalue weighted by Crippen LogP contribution is -2.40. The van der Waals surface area contributed by atoms with E-state index in [0.29, 0.717) is 11.3 Å². The number of hydrogen-bond acceptors (Lipinski definition) is 2. The van der Waals surface area contributed by atoms with Gasteiger partial charge in [-0.15, -0.1) is 0 Å². The zero-order chi connectivity index (χ0) is 10.0. The van der Waals surface area contributed by atoms with E-state index in [1.54, 1.807) is 0 Å². The van der Waals surface area contributed by atoms with Gasteiger partial charge in [0.25, 0.3) is 0 Å². The minimum absolute atomic E-state index is 0.0888. The van der Waals surface area contributed by atoms with Crippen molar-refractivity contribution >= 4 is 0 Å². The first-order chi connectivity index (χ1) is 6.72. The maximum Gasteiger partial charge on any atom is 0.0540 e. The van der Waals surface area contributed by atoms with Gasteiger partial charge in [0, 0.05) is 0 Å². The van der Waals surface area contributed by atoms with Crippen molar-refractivity contribution in [3.63, 3.8) is 0 Å². The van der Waals surface area contributed by atoms with Gasteiger partial charge in [-0.3, -0.25) is 0 Å². The second-order valence-corrected chi connectivity index (χ2v) is 5.33. The summed E-state index contributed by atoms with van der Waals surface area (Å²) in [5, 5.41) is 13.0. The van der Waals surface area contributed by atoms with Gasteiger partial charge in [0.1, 0.15) is 0 Å². The fraction of sp³-hybridized carbons (Fsp3) is 1.00. The zero-order valence-corrected chi connectivity index (χ0v) is 9.26. The molecule has 82 valence electrons. The van der Waals surface area contributed by atoms with Crippen LogP contribution in [0.4, 0.5) is 0 Å². The van der Waals surface area contributed by atoms with Crippen LogP contribution in [0.5, 0.6) is 0 Å². The summed E-state index contributed by atoms with van der Waals surface area (Å²) in [6.07, 6.45) is 7.83. The molecule has 2 rings (SSSR count). The average molecular weight is 197 g/mol. The molecule has 0 aromatic heterocycles. The van der Waals surface area contributed by atoms with Crippen molar-refractivity contribution in [2.24, 2.45) is 11.3 Å². The molecule has 2 N–H and O–H groups in total. The SMILES string of the molecule is C[C@@H](O)C1CCC2(CCNCC2)CC1. The van der Waals surface area contributed by atoms with Crippen LogP contribution in [0.25, 0.3) is 0 Å². The largest absolute Gasteiger partial charge is 0.393 e. The molecule has 0 amide bonds. The fourth-order valence-corrected chi connectivity index (χ4v) is 3.19. The van der Waals surface area contributed by atoms with Crippen molar-refractivity contribution in [1.82, 2.24) is 5.32 Å². The standard InChI is InChI=1S/C12H23NO/c1-10(14)11-2-4-12(5-3-11)6-8-13-9-7-12/h10-11,13-14H,2-9H2,1H3/t10-/m1/s1. The molecule has 0 unspecified atom stereocenters. The third-order valence-corrected chi connectivity index (χ3v) is 4.44. The third kappa shape index (κ3) is 2.12. The van der Waals surface area contributed by atoms with Crippen LogP contribution in [0.3, 0.4) is 0 Å². The highest BCUT2D eigenvalue weighted by Gasteiger charge is 2.36. The molecule has 14 heavy (non-hydrogen) atoms. The highest BCUT2D eigenvalue weighted by atomic mass is 16.3. The quantitative estimate of drug-likeness (QED) is 0.673. The molecule has 1 aliphatic carbocycles. The van der Waals surface area contributed by atoms with Crippen LogP contribution < -0.4 is 5.32 Å². The number of hydrogen-bond donors (Lipinski definition) is 2. The van der Waals surface area contributed by atoms with Gasteiger partial charge in [-0.25, -0.2) is 0 Å². The summed E-state index contributed by atoms with van der Waals surface area (Å²) in [4.78, 5) is 0. The average Bonchev–Trinajstić information content (AvgIpc) is 2.19. The van der Waals surface area contributed by atoms with Gasteiger partial charge in [0.05, 0.1) is 6.10 Å². The Balaban J connectivity index is 1.87. The fourth-order valence-electron chi connectivity index (χ4n) is 3.19. The van der Waals surface area contributed by atoms with E-state index < -0.39 is 0 Å². The maximum absolute atomic E-state index is 9.55. The van der Waals surface area contributed by atoms with Crippen LogP contribution in [0.1, 0.15) is 45.4 Å². The number of rotatable bonds is 1. The van der Waals surface area contributed by atoms with Gasteiger partial charge < -0.3 is 10.4 Å². The van der Waals surface area contributed by atoms with Crippen LogP contribution in [0.2, 0.25) is 0 Å². The number of piperidine rings is 1. The molecular formula is C12H23NO. The zero-order valence-electron chi connectivity index (χ0n) is 9.26. The van der Waals surface area contributed by atoms with Gasteiger partial charge in [-0.2, -0.15) is 0 Å². The van der Waals surface area contributed by atoms with Gasteiger partial charge >= 0.3 is 0 Å². The molecule has 1 saturated carbocycles. The van der Waals surface area contributed by atoms with Gasteiger partial charge in [-0.1, -0.05) is 0 Å². The second-order valence-electron chi connectivity index (χ2n) is 5.33. The molecule has 1 atom stereocenters. The Bertz CT molecular complexity index is 175. The van der Waals surface area contributed by atoms with Crippen molar-refractivity contribution < 1.29 is 5.11 Å². The smallest absolute Gasteiger partial charge is 0.0540 e.